The van der Waals surface area contributed by atoms with Crippen LogP contribution in [0.1, 0.15) is 67.8 Å². The van der Waals surface area contributed by atoms with Crippen LogP contribution in [0.15, 0.2) is 55.4 Å². The second-order valence-corrected chi connectivity index (χ2v) is 7.01. The van der Waals surface area contributed by atoms with Gasteiger partial charge in [-0.1, -0.05) is 57.2 Å². The van der Waals surface area contributed by atoms with Crippen molar-refractivity contribution in [2.45, 2.75) is 58.8 Å². The maximum absolute atomic E-state index is 3.77. The molecule has 0 saturated carbocycles. The molecule has 140 valence electrons. The van der Waals surface area contributed by atoms with Crippen LogP contribution in [0.4, 0.5) is 0 Å². The van der Waals surface area contributed by atoms with E-state index in [0.29, 0.717) is 5.92 Å². The van der Waals surface area contributed by atoms with E-state index in [4.69, 9.17) is 0 Å². The summed E-state index contributed by atoms with van der Waals surface area (Å²) in [6, 6.07) is 11.4. The SMILES string of the molecule is C=CNC/C(=C/CCC(CC)c1cccc(CCC)c1)c1cc[nH]c1C. The molecule has 1 atom stereocenters. The molecule has 0 saturated heterocycles. The second-order valence-electron chi connectivity index (χ2n) is 7.01. The van der Waals surface area contributed by atoms with Crippen LogP contribution in [0.2, 0.25) is 0 Å². The number of hydrogen-bond donors (Lipinski definition) is 2. The minimum absolute atomic E-state index is 0.629. The zero-order valence-corrected chi connectivity index (χ0v) is 16.6. The number of rotatable bonds is 11. The largest absolute Gasteiger partial charge is 0.387 e. The smallest absolute Gasteiger partial charge is 0.0398 e. The molecular formula is C24H34N2. The maximum Gasteiger partial charge on any atom is 0.0398 e. The Balaban J connectivity index is 2.07. The van der Waals surface area contributed by atoms with Crippen molar-refractivity contribution >= 4 is 5.57 Å². The quantitative estimate of drug-likeness (QED) is 0.484. The lowest BCUT2D eigenvalue weighted by atomic mass is 9.89. The van der Waals surface area contributed by atoms with E-state index in [1.165, 1.54) is 53.6 Å². The highest BCUT2D eigenvalue weighted by Gasteiger charge is 2.10. The summed E-state index contributed by atoms with van der Waals surface area (Å²) >= 11 is 0. The zero-order chi connectivity index (χ0) is 18.8. The predicted molar refractivity (Wildman–Crippen MR) is 114 cm³/mol. The Morgan fingerprint density at radius 1 is 1.27 bits per heavy atom. The van der Waals surface area contributed by atoms with Crippen LogP contribution in [0.25, 0.3) is 5.57 Å². The third-order valence-electron chi connectivity index (χ3n) is 5.10. The third-order valence-corrected chi connectivity index (χ3v) is 5.10. The first-order valence-corrected chi connectivity index (χ1v) is 9.96. The minimum Gasteiger partial charge on any atom is -0.387 e. The van der Waals surface area contributed by atoms with Gasteiger partial charge in [0.1, 0.15) is 0 Å². The molecule has 2 aromatic rings. The summed E-state index contributed by atoms with van der Waals surface area (Å²) in [5.74, 6) is 0.629. The van der Waals surface area contributed by atoms with Crippen LogP contribution in [-0.4, -0.2) is 11.5 Å². The van der Waals surface area contributed by atoms with Crippen molar-refractivity contribution in [2.24, 2.45) is 0 Å². The van der Waals surface area contributed by atoms with Crippen molar-refractivity contribution in [1.82, 2.24) is 10.3 Å². The number of allylic oxidation sites excluding steroid dienone is 1. The van der Waals surface area contributed by atoms with Gasteiger partial charge in [-0.05, 0) is 73.1 Å². The summed E-state index contributed by atoms with van der Waals surface area (Å²) in [7, 11) is 0. The molecule has 26 heavy (non-hydrogen) atoms. The van der Waals surface area contributed by atoms with E-state index in [0.717, 1.165) is 13.0 Å². The Morgan fingerprint density at radius 2 is 2.12 bits per heavy atom. The summed E-state index contributed by atoms with van der Waals surface area (Å²) in [4.78, 5) is 3.29. The van der Waals surface area contributed by atoms with Crippen molar-refractivity contribution in [2.75, 3.05) is 6.54 Å². The number of aromatic amines is 1. The van der Waals surface area contributed by atoms with E-state index in [1.807, 2.05) is 6.20 Å². The van der Waals surface area contributed by atoms with E-state index in [2.05, 4.69) is 74.1 Å². The van der Waals surface area contributed by atoms with Gasteiger partial charge in [0, 0.05) is 18.4 Å². The van der Waals surface area contributed by atoms with Crippen LogP contribution in [0, 0.1) is 6.92 Å². The highest BCUT2D eigenvalue weighted by atomic mass is 14.8. The van der Waals surface area contributed by atoms with E-state index >= 15 is 0 Å². The molecule has 0 bridgehead atoms. The first kappa shape index (κ1) is 20.1. The number of aromatic nitrogens is 1. The maximum atomic E-state index is 3.77. The van der Waals surface area contributed by atoms with Crippen molar-refractivity contribution < 1.29 is 0 Å². The van der Waals surface area contributed by atoms with Crippen LogP contribution in [0.3, 0.4) is 0 Å². The molecular weight excluding hydrogens is 316 g/mol. The van der Waals surface area contributed by atoms with Crippen LogP contribution in [-0.2, 0) is 6.42 Å². The summed E-state index contributed by atoms with van der Waals surface area (Å²) < 4.78 is 0. The molecule has 0 spiro atoms. The minimum atomic E-state index is 0.629. The van der Waals surface area contributed by atoms with Crippen LogP contribution < -0.4 is 5.32 Å². The first-order valence-electron chi connectivity index (χ1n) is 9.96. The van der Waals surface area contributed by atoms with Gasteiger partial charge >= 0.3 is 0 Å². The number of aryl methyl sites for hydroxylation is 2. The summed E-state index contributed by atoms with van der Waals surface area (Å²) in [6.07, 6.45) is 12.0. The van der Waals surface area contributed by atoms with Gasteiger partial charge in [0.25, 0.3) is 0 Å². The topological polar surface area (TPSA) is 27.8 Å². The van der Waals surface area contributed by atoms with Gasteiger partial charge in [-0.3, -0.25) is 0 Å². The molecule has 2 nitrogen and oxygen atoms in total. The number of benzene rings is 1. The summed E-state index contributed by atoms with van der Waals surface area (Å²) in [5, 5.41) is 3.25. The lowest BCUT2D eigenvalue weighted by molar-refractivity contribution is 0.612. The Bertz CT molecular complexity index is 709. The van der Waals surface area contributed by atoms with E-state index < -0.39 is 0 Å². The standard InChI is InChI=1S/C24H34N2/c1-5-10-20-11-8-13-22(17-20)21(6-2)12-9-14-23(18-25-7-3)24-15-16-26-19(24)4/h7-8,11,13-17,21,25-26H,3,5-6,9-10,12,18H2,1-2,4H3/b23-14-. The molecule has 0 aliphatic rings. The number of H-pyrrole nitrogens is 1. The van der Waals surface area contributed by atoms with E-state index in [-0.39, 0.29) is 0 Å². The fourth-order valence-corrected chi connectivity index (χ4v) is 3.62. The fraction of sp³-hybridized carbons (Fsp3) is 0.417. The van der Waals surface area contributed by atoms with Crippen molar-refractivity contribution in [3.63, 3.8) is 0 Å². The summed E-state index contributed by atoms with van der Waals surface area (Å²) in [6.45, 7) is 11.3. The highest BCUT2D eigenvalue weighted by molar-refractivity contribution is 5.68. The van der Waals surface area contributed by atoms with Crippen LogP contribution in [0.5, 0.6) is 0 Å². The molecule has 0 radical (unpaired) electrons. The Kier molecular flexibility index (Phi) is 8.27. The van der Waals surface area contributed by atoms with Crippen LogP contribution >= 0.6 is 0 Å². The molecule has 0 amide bonds. The van der Waals surface area contributed by atoms with E-state index in [1.54, 1.807) is 6.20 Å². The van der Waals surface area contributed by atoms with Gasteiger partial charge in [0.15, 0.2) is 0 Å². The van der Waals surface area contributed by atoms with Gasteiger partial charge < -0.3 is 10.3 Å². The zero-order valence-electron chi connectivity index (χ0n) is 16.6. The molecule has 2 N–H and O–H groups in total. The Labute approximate surface area is 159 Å². The van der Waals surface area contributed by atoms with Crippen molar-refractivity contribution in [3.8, 4) is 0 Å². The average molecular weight is 351 g/mol. The van der Waals surface area contributed by atoms with Gasteiger partial charge in [-0.25, -0.2) is 0 Å². The average Bonchev–Trinajstić information content (AvgIpc) is 3.08. The van der Waals surface area contributed by atoms with Gasteiger partial charge in [0.05, 0.1) is 0 Å². The fourth-order valence-electron chi connectivity index (χ4n) is 3.62. The van der Waals surface area contributed by atoms with Gasteiger partial charge in [-0.2, -0.15) is 0 Å². The number of hydrogen-bond acceptors (Lipinski definition) is 1. The molecule has 1 unspecified atom stereocenters. The van der Waals surface area contributed by atoms with E-state index in [9.17, 15) is 0 Å². The predicted octanol–water partition coefficient (Wildman–Crippen LogP) is 6.37. The van der Waals surface area contributed by atoms with Gasteiger partial charge in [-0.15, -0.1) is 0 Å². The lowest BCUT2D eigenvalue weighted by Gasteiger charge is -2.16. The molecule has 0 aliphatic heterocycles. The number of nitrogens with one attached hydrogen (secondary N) is 2. The molecule has 0 fully saturated rings. The highest BCUT2D eigenvalue weighted by Crippen LogP contribution is 2.27. The molecule has 1 aromatic carbocycles. The Hall–Kier alpha value is -2.22. The van der Waals surface area contributed by atoms with Crippen molar-refractivity contribution in [1.29, 1.82) is 0 Å². The molecule has 2 heteroatoms. The summed E-state index contributed by atoms with van der Waals surface area (Å²) in [5.41, 5.74) is 6.84. The van der Waals surface area contributed by atoms with Gasteiger partial charge in [0.2, 0.25) is 0 Å². The molecule has 1 aromatic heterocycles. The first-order chi connectivity index (χ1) is 12.7. The third kappa shape index (κ3) is 5.66. The van der Waals surface area contributed by atoms with Crippen molar-refractivity contribution in [3.05, 3.63) is 77.8 Å². The molecule has 1 heterocycles. The lowest BCUT2D eigenvalue weighted by Crippen LogP contribution is -2.09. The monoisotopic (exact) mass is 350 g/mol. The molecule has 0 aliphatic carbocycles. The second kappa shape index (κ2) is 10.7. The Morgan fingerprint density at radius 3 is 2.77 bits per heavy atom. The molecule has 2 rings (SSSR count). The normalized spacial score (nSPS) is 12.8.